The number of benzene rings is 1. The lowest BCUT2D eigenvalue weighted by atomic mass is 10.2. The van der Waals surface area contributed by atoms with Crippen LogP contribution >= 0.6 is 23.2 Å². The van der Waals surface area contributed by atoms with E-state index in [-0.39, 0.29) is 18.1 Å². The molecule has 0 saturated carbocycles. The molecule has 2 N–H and O–H groups in total. The Morgan fingerprint density at radius 1 is 1.30 bits per heavy atom. The summed E-state index contributed by atoms with van der Waals surface area (Å²) in [7, 11) is 0. The SMILES string of the molecule is CC(C(=O)Nc1ncn(Cc2c(Cl)cccc2Cl)n1)n1cc(C(=O)O)cn1. The smallest absolute Gasteiger partial charge is 0.338 e. The molecule has 2 aromatic heterocycles. The summed E-state index contributed by atoms with van der Waals surface area (Å²) in [6.45, 7) is 1.87. The minimum Gasteiger partial charge on any atom is -0.478 e. The van der Waals surface area contributed by atoms with Crippen LogP contribution in [0.3, 0.4) is 0 Å². The van der Waals surface area contributed by atoms with Gasteiger partial charge in [-0.3, -0.25) is 14.8 Å². The van der Waals surface area contributed by atoms with Crippen molar-refractivity contribution >= 4 is 41.0 Å². The van der Waals surface area contributed by atoms with Gasteiger partial charge >= 0.3 is 5.97 Å². The molecule has 3 aromatic rings. The summed E-state index contributed by atoms with van der Waals surface area (Å²) in [6, 6.07) is 4.44. The first kappa shape index (κ1) is 18.9. The number of halogens is 2. The predicted molar refractivity (Wildman–Crippen MR) is 98.1 cm³/mol. The van der Waals surface area contributed by atoms with Crippen molar-refractivity contribution in [1.82, 2.24) is 24.5 Å². The number of aromatic nitrogens is 5. The van der Waals surface area contributed by atoms with Crippen LogP contribution in [0.25, 0.3) is 0 Å². The molecule has 1 aromatic carbocycles. The average molecular weight is 409 g/mol. The molecular formula is C16H14Cl2N6O3. The van der Waals surface area contributed by atoms with Gasteiger partial charge in [-0.2, -0.15) is 5.10 Å². The van der Waals surface area contributed by atoms with E-state index < -0.39 is 17.9 Å². The number of nitrogens with one attached hydrogen (secondary N) is 1. The van der Waals surface area contributed by atoms with Gasteiger partial charge in [-0.05, 0) is 19.1 Å². The van der Waals surface area contributed by atoms with Crippen LogP contribution in [0.15, 0.2) is 36.9 Å². The van der Waals surface area contributed by atoms with E-state index in [1.165, 1.54) is 28.1 Å². The molecule has 0 radical (unpaired) electrons. The van der Waals surface area contributed by atoms with Crippen LogP contribution in [-0.4, -0.2) is 41.5 Å². The molecule has 0 aliphatic rings. The number of carbonyl (C=O) groups excluding carboxylic acids is 1. The zero-order valence-electron chi connectivity index (χ0n) is 14.0. The number of aromatic carboxylic acids is 1. The van der Waals surface area contributed by atoms with Crippen molar-refractivity contribution in [2.75, 3.05) is 5.32 Å². The van der Waals surface area contributed by atoms with Crippen LogP contribution in [-0.2, 0) is 11.3 Å². The van der Waals surface area contributed by atoms with E-state index in [1.807, 2.05) is 0 Å². The Morgan fingerprint density at radius 3 is 2.63 bits per heavy atom. The van der Waals surface area contributed by atoms with Gasteiger partial charge in [-0.25, -0.2) is 14.5 Å². The Hall–Kier alpha value is -2.91. The highest BCUT2D eigenvalue weighted by molar-refractivity contribution is 6.35. The third-order valence-corrected chi connectivity index (χ3v) is 4.49. The third kappa shape index (κ3) is 4.26. The van der Waals surface area contributed by atoms with Gasteiger partial charge in [-0.15, -0.1) is 5.10 Å². The molecule has 1 amide bonds. The Labute approximate surface area is 163 Å². The standard InChI is InChI=1S/C16H14Cl2N6O3/c1-9(24-6-10(5-20-24)15(26)27)14(25)21-16-19-8-23(22-16)7-11-12(17)3-2-4-13(11)18/h2-6,8-9H,7H2,1H3,(H,26,27)(H,21,22,25). The van der Waals surface area contributed by atoms with Gasteiger partial charge in [0.2, 0.25) is 5.95 Å². The van der Waals surface area contributed by atoms with Crippen molar-refractivity contribution in [2.24, 2.45) is 0 Å². The maximum Gasteiger partial charge on any atom is 0.338 e. The van der Waals surface area contributed by atoms with Gasteiger partial charge in [0.1, 0.15) is 12.4 Å². The van der Waals surface area contributed by atoms with E-state index in [2.05, 4.69) is 20.5 Å². The minimum atomic E-state index is -1.12. The Bertz CT molecular complexity index is 979. The van der Waals surface area contributed by atoms with Crippen LogP contribution in [0.1, 0.15) is 28.9 Å². The molecule has 0 spiro atoms. The highest BCUT2D eigenvalue weighted by atomic mass is 35.5. The van der Waals surface area contributed by atoms with Crippen LogP contribution < -0.4 is 5.32 Å². The van der Waals surface area contributed by atoms with Crippen LogP contribution in [0.2, 0.25) is 10.0 Å². The Morgan fingerprint density at radius 2 is 2.00 bits per heavy atom. The van der Waals surface area contributed by atoms with E-state index in [0.29, 0.717) is 15.6 Å². The Kier molecular flexibility index (Phi) is 5.43. The number of carboxylic acid groups (broad SMARTS) is 1. The number of nitrogens with zero attached hydrogens (tertiary/aromatic N) is 5. The van der Waals surface area contributed by atoms with E-state index in [9.17, 15) is 9.59 Å². The second-order valence-electron chi connectivity index (χ2n) is 5.65. The lowest BCUT2D eigenvalue weighted by Gasteiger charge is -2.10. The van der Waals surface area contributed by atoms with Gasteiger partial charge in [-0.1, -0.05) is 29.3 Å². The summed E-state index contributed by atoms with van der Waals surface area (Å²) in [5.41, 5.74) is 0.684. The van der Waals surface area contributed by atoms with E-state index >= 15 is 0 Å². The fourth-order valence-electron chi connectivity index (χ4n) is 2.27. The van der Waals surface area contributed by atoms with Crippen LogP contribution in [0.4, 0.5) is 5.95 Å². The summed E-state index contributed by atoms with van der Waals surface area (Å²) >= 11 is 12.3. The van der Waals surface area contributed by atoms with E-state index in [1.54, 1.807) is 25.1 Å². The zero-order valence-corrected chi connectivity index (χ0v) is 15.5. The first-order chi connectivity index (χ1) is 12.8. The zero-order chi connectivity index (χ0) is 19.6. The number of hydrogen-bond donors (Lipinski definition) is 2. The summed E-state index contributed by atoms with van der Waals surface area (Å²) in [6.07, 6.45) is 3.89. The fourth-order valence-corrected chi connectivity index (χ4v) is 2.79. The number of hydrogen-bond acceptors (Lipinski definition) is 5. The lowest BCUT2D eigenvalue weighted by Crippen LogP contribution is -2.24. The maximum atomic E-state index is 12.3. The number of anilines is 1. The van der Waals surface area contributed by atoms with Gasteiger partial charge < -0.3 is 5.11 Å². The van der Waals surface area contributed by atoms with Crippen molar-refractivity contribution in [3.05, 3.63) is 58.1 Å². The topological polar surface area (TPSA) is 115 Å². The molecule has 140 valence electrons. The summed E-state index contributed by atoms with van der Waals surface area (Å²) < 4.78 is 2.74. The highest BCUT2D eigenvalue weighted by Crippen LogP contribution is 2.25. The molecular weight excluding hydrogens is 395 g/mol. The quantitative estimate of drug-likeness (QED) is 0.647. The van der Waals surface area contributed by atoms with Gasteiger partial charge in [0.15, 0.2) is 0 Å². The molecule has 9 nitrogen and oxygen atoms in total. The van der Waals surface area contributed by atoms with E-state index in [0.717, 1.165) is 0 Å². The minimum absolute atomic E-state index is 0.00586. The van der Waals surface area contributed by atoms with Crippen LogP contribution in [0, 0.1) is 0 Å². The Balaban J connectivity index is 1.67. The molecule has 2 heterocycles. The second kappa shape index (κ2) is 7.77. The fraction of sp³-hybridized carbons (Fsp3) is 0.188. The number of carboxylic acids is 1. The molecule has 0 saturated heterocycles. The molecule has 0 fully saturated rings. The van der Waals surface area contributed by atoms with Crippen molar-refractivity contribution in [3.8, 4) is 0 Å². The van der Waals surface area contributed by atoms with Gasteiger partial charge in [0, 0.05) is 21.8 Å². The third-order valence-electron chi connectivity index (χ3n) is 3.78. The number of carbonyl (C=O) groups is 2. The molecule has 0 aliphatic carbocycles. The second-order valence-corrected chi connectivity index (χ2v) is 6.46. The van der Waals surface area contributed by atoms with Crippen molar-refractivity contribution in [3.63, 3.8) is 0 Å². The average Bonchev–Trinajstić information content (AvgIpc) is 3.27. The van der Waals surface area contributed by atoms with Crippen molar-refractivity contribution < 1.29 is 14.7 Å². The largest absolute Gasteiger partial charge is 0.478 e. The molecule has 1 unspecified atom stereocenters. The summed E-state index contributed by atoms with van der Waals surface area (Å²) in [5.74, 6) is -1.46. The van der Waals surface area contributed by atoms with Gasteiger partial charge in [0.05, 0.1) is 18.3 Å². The van der Waals surface area contributed by atoms with Crippen LogP contribution in [0.5, 0.6) is 0 Å². The monoisotopic (exact) mass is 408 g/mol. The number of rotatable bonds is 6. The van der Waals surface area contributed by atoms with Gasteiger partial charge in [0.25, 0.3) is 5.91 Å². The maximum absolute atomic E-state index is 12.3. The first-order valence-corrected chi connectivity index (χ1v) is 8.51. The molecule has 0 bridgehead atoms. The first-order valence-electron chi connectivity index (χ1n) is 7.76. The lowest BCUT2D eigenvalue weighted by molar-refractivity contribution is -0.119. The highest BCUT2D eigenvalue weighted by Gasteiger charge is 2.19. The molecule has 1 atom stereocenters. The van der Waals surface area contributed by atoms with Crippen molar-refractivity contribution in [2.45, 2.75) is 19.5 Å². The normalized spacial score (nSPS) is 12.0. The molecule has 27 heavy (non-hydrogen) atoms. The molecule has 11 heteroatoms. The summed E-state index contributed by atoms with van der Waals surface area (Å²) in [4.78, 5) is 27.3. The van der Waals surface area contributed by atoms with Crippen molar-refractivity contribution in [1.29, 1.82) is 0 Å². The van der Waals surface area contributed by atoms with E-state index in [4.69, 9.17) is 28.3 Å². The summed E-state index contributed by atoms with van der Waals surface area (Å²) in [5, 5.41) is 20.5. The molecule has 0 aliphatic heterocycles. The predicted octanol–water partition coefficient (Wildman–Crippen LogP) is 2.73. The molecule has 3 rings (SSSR count). The number of amides is 1.